The number of aliphatic carboxylic acids is 4. The molecule has 192 valence electrons. The summed E-state index contributed by atoms with van der Waals surface area (Å²) in [6, 6.07) is 0. The largest absolute Gasteiger partial charge is 1.00 e. The Morgan fingerprint density at radius 3 is 0.658 bits per heavy atom. The summed E-state index contributed by atoms with van der Waals surface area (Å²) < 4.78 is 0. The van der Waals surface area contributed by atoms with Gasteiger partial charge in [0.1, 0.15) is 0 Å². The van der Waals surface area contributed by atoms with Crippen molar-refractivity contribution >= 4 is 47.8 Å². The van der Waals surface area contributed by atoms with Crippen molar-refractivity contribution < 1.29 is 284 Å². The van der Waals surface area contributed by atoms with Gasteiger partial charge in [0.05, 0.1) is 25.7 Å². The van der Waals surface area contributed by atoms with Gasteiger partial charge in [0, 0.05) is 35.2 Å². The van der Waals surface area contributed by atoms with Crippen molar-refractivity contribution in [2.45, 2.75) is 51.4 Å². The summed E-state index contributed by atoms with van der Waals surface area (Å²) in [6.07, 6.45) is -3.92. The molecule has 0 radical (unpaired) electrons. The SMILES string of the molecule is O=C([O-])CCC(=O)ONOC(=O)CCC(=O)[O-].O=C([O-])CCC(=O)ONOC(=O)CCC(=O)[O-].[K+].[K+].[K+].[K+]. The molecule has 0 bridgehead atoms. The molecular formula is C16H18K4N2O16. The predicted octanol–water partition coefficient (Wildman–Crippen LogP) is -18.9. The number of hydrogen-bond acceptors (Lipinski definition) is 18. The van der Waals surface area contributed by atoms with Gasteiger partial charge in [-0.1, -0.05) is 0 Å². The number of carbonyl (C=O) groups is 8. The summed E-state index contributed by atoms with van der Waals surface area (Å²) in [5.41, 5.74) is 3.01. The maximum Gasteiger partial charge on any atom is 1.00 e. The molecule has 0 amide bonds. The van der Waals surface area contributed by atoms with Crippen LogP contribution >= 0.6 is 0 Å². The minimum atomic E-state index is -1.42. The molecule has 0 saturated carbocycles. The van der Waals surface area contributed by atoms with Gasteiger partial charge in [0.15, 0.2) is 0 Å². The van der Waals surface area contributed by atoms with Gasteiger partial charge in [-0.3, -0.25) is 19.2 Å². The van der Waals surface area contributed by atoms with Gasteiger partial charge in [0.2, 0.25) is 0 Å². The smallest absolute Gasteiger partial charge is 0.550 e. The van der Waals surface area contributed by atoms with E-state index >= 15 is 0 Å². The van der Waals surface area contributed by atoms with Crippen molar-refractivity contribution in [2.24, 2.45) is 0 Å². The molecule has 22 heteroatoms. The Balaban J connectivity index is -0.000000122. The van der Waals surface area contributed by atoms with E-state index in [4.69, 9.17) is 0 Å². The summed E-state index contributed by atoms with van der Waals surface area (Å²) in [5, 5.41) is 39.8. The number of rotatable bonds is 16. The fourth-order valence-electron chi connectivity index (χ4n) is 1.25. The Hall–Kier alpha value is 2.23. The molecule has 0 aromatic rings. The second kappa shape index (κ2) is 35.4. The monoisotopic (exact) mass is 650 g/mol. The summed E-state index contributed by atoms with van der Waals surface area (Å²) in [4.78, 5) is 99.0. The van der Waals surface area contributed by atoms with Crippen LogP contribution in [0.2, 0.25) is 0 Å². The molecule has 0 fully saturated rings. The molecule has 0 aromatic carbocycles. The molecule has 0 aliphatic carbocycles. The van der Waals surface area contributed by atoms with E-state index in [1.807, 2.05) is 0 Å². The van der Waals surface area contributed by atoms with Crippen molar-refractivity contribution in [2.75, 3.05) is 0 Å². The van der Waals surface area contributed by atoms with E-state index < -0.39 is 99.1 Å². The van der Waals surface area contributed by atoms with E-state index in [-0.39, 0.29) is 206 Å². The summed E-state index contributed by atoms with van der Waals surface area (Å²) in [5.74, 6) is -9.57. The van der Waals surface area contributed by atoms with Crippen molar-refractivity contribution in [3.63, 3.8) is 0 Å². The predicted molar refractivity (Wildman–Crippen MR) is 87.6 cm³/mol. The second-order valence-corrected chi connectivity index (χ2v) is 5.55. The first-order valence-electron chi connectivity index (χ1n) is 8.91. The third kappa shape index (κ3) is 45.2. The van der Waals surface area contributed by atoms with Crippen LogP contribution in [0, 0.1) is 0 Å². The number of hydrogen-bond donors (Lipinski definition) is 2. The summed E-state index contributed by atoms with van der Waals surface area (Å²) in [6.45, 7) is 0. The van der Waals surface area contributed by atoms with Gasteiger partial charge in [-0.25, -0.2) is 0 Å². The summed E-state index contributed by atoms with van der Waals surface area (Å²) >= 11 is 0. The fourth-order valence-corrected chi connectivity index (χ4v) is 1.25. The Kier molecular flexibility index (Phi) is 49.3. The summed E-state index contributed by atoms with van der Waals surface area (Å²) in [7, 11) is 0. The molecule has 0 aliphatic rings. The maximum absolute atomic E-state index is 10.7. The molecule has 0 atom stereocenters. The first-order chi connectivity index (χ1) is 15.8. The molecule has 0 unspecified atom stereocenters. The molecule has 0 aromatic heterocycles. The minimum absolute atomic E-state index is 0. The Morgan fingerprint density at radius 2 is 0.526 bits per heavy atom. The van der Waals surface area contributed by atoms with Crippen LogP contribution in [0.3, 0.4) is 0 Å². The first-order valence-corrected chi connectivity index (χ1v) is 8.91. The van der Waals surface area contributed by atoms with Crippen LogP contribution in [-0.4, -0.2) is 47.8 Å². The van der Waals surface area contributed by atoms with E-state index in [0.717, 1.165) is 0 Å². The Morgan fingerprint density at radius 1 is 0.368 bits per heavy atom. The number of carbonyl (C=O) groups excluding carboxylic acids is 8. The van der Waals surface area contributed by atoms with Crippen LogP contribution in [0.4, 0.5) is 0 Å². The maximum atomic E-state index is 10.7. The molecule has 0 heterocycles. The second-order valence-electron chi connectivity index (χ2n) is 5.55. The van der Waals surface area contributed by atoms with Gasteiger partial charge >= 0.3 is 229 Å². The van der Waals surface area contributed by atoms with Crippen molar-refractivity contribution in [1.82, 2.24) is 11.3 Å². The van der Waals surface area contributed by atoms with Crippen molar-refractivity contribution in [1.29, 1.82) is 0 Å². The van der Waals surface area contributed by atoms with Crippen molar-refractivity contribution in [3.05, 3.63) is 0 Å². The quantitative estimate of drug-likeness (QED) is 0.116. The molecule has 0 saturated heterocycles. The van der Waals surface area contributed by atoms with E-state index in [0.29, 0.717) is 0 Å². The zero-order chi connectivity index (χ0) is 26.5. The normalized spacial score (nSPS) is 8.42. The van der Waals surface area contributed by atoms with E-state index in [1.165, 1.54) is 11.3 Å². The van der Waals surface area contributed by atoms with E-state index in [9.17, 15) is 58.8 Å². The first kappa shape index (κ1) is 52.8. The molecule has 18 nitrogen and oxygen atoms in total. The number of carboxylic acids is 4. The average Bonchev–Trinajstić information content (AvgIpc) is 2.73. The van der Waals surface area contributed by atoms with Crippen LogP contribution in [-0.2, 0) is 57.7 Å². The number of nitrogens with one attached hydrogen (secondary N) is 2. The topological polar surface area (TPSA) is 290 Å². The molecular weight excluding hydrogens is 633 g/mol. The Labute approximate surface area is 385 Å². The van der Waals surface area contributed by atoms with Gasteiger partial charge in [-0.05, 0) is 25.7 Å². The molecule has 0 rings (SSSR count). The zero-order valence-corrected chi connectivity index (χ0v) is 33.7. The molecule has 0 spiro atoms. The van der Waals surface area contributed by atoms with Crippen LogP contribution in [0.1, 0.15) is 51.4 Å². The minimum Gasteiger partial charge on any atom is -0.550 e. The molecule has 0 aliphatic heterocycles. The van der Waals surface area contributed by atoms with Crippen molar-refractivity contribution in [3.8, 4) is 0 Å². The molecule has 38 heavy (non-hydrogen) atoms. The van der Waals surface area contributed by atoms with E-state index in [2.05, 4.69) is 19.4 Å². The van der Waals surface area contributed by atoms with Crippen LogP contribution in [0.25, 0.3) is 0 Å². The third-order valence-electron chi connectivity index (χ3n) is 2.76. The zero-order valence-electron chi connectivity index (χ0n) is 21.2. The van der Waals surface area contributed by atoms with Gasteiger partial charge < -0.3 is 59.0 Å². The molecule has 2 N–H and O–H groups in total. The third-order valence-corrected chi connectivity index (χ3v) is 2.76. The average molecular weight is 651 g/mol. The van der Waals surface area contributed by atoms with Gasteiger partial charge in [-0.15, -0.1) is 0 Å². The van der Waals surface area contributed by atoms with Crippen LogP contribution in [0.5, 0.6) is 0 Å². The van der Waals surface area contributed by atoms with Crippen LogP contribution in [0.15, 0.2) is 0 Å². The fraction of sp³-hybridized carbons (Fsp3) is 0.500. The van der Waals surface area contributed by atoms with Gasteiger partial charge in [-0.2, -0.15) is 0 Å². The number of carboxylic acid groups (broad SMARTS) is 4. The van der Waals surface area contributed by atoms with E-state index in [1.54, 1.807) is 0 Å². The van der Waals surface area contributed by atoms with Crippen LogP contribution < -0.4 is 237 Å². The Bertz CT molecular complexity index is 646. The standard InChI is InChI=1S/2C8H11NO8.4K/c2*10-5(11)1-3-7(14)16-9-17-8(15)4-2-6(12)13;;;;/h2*9H,1-4H2,(H,10,11)(H,12,13);;;;/q;;4*+1/p-4. The van der Waals surface area contributed by atoms with Gasteiger partial charge in [0.25, 0.3) is 0 Å².